The van der Waals surface area contributed by atoms with Gasteiger partial charge in [-0.1, -0.05) is 39.0 Å². The number of nitrogens with zero attached hydrogens (tertiary/aromatic N) is 4. The largest absolute Gasteiger partial charge is 0.378 e. The summed E-state index contributed by atoms with van der Waals surface area (Å²) in [6.07, 6.45) is 1.70. The Bertz CT molecular complexity index is 662. The minimum absolute atomic E-state index is 0.0405. The van der Waals surface area contributed by atoms with Gasteiger partial charge in [-0.2, -0.15) is 10.1 Å². The SMILES string of the molecule is CC(C)(C)c1ccccc1Nc1nncc(N2CCOCC2)n1. The van der Waals surface area contributed by atoms with Crippen molar-refractivity contribution < 1.29 is 4.74 Å². The van der Waals surface area contributed by atoms with Crippen molar-refractivity contribution in [2.75, 3.05) is 36.5 Å². The molecular weight excluding hydrogens is 290 g/mol. The second kappa shape index (κ2) is 6.50. The maximum Gasteiger partial charge on any atom is 0.249 e. The summed E-state index contributed by atoms with van der Waals surface area (Å²) in [6, 6.07) is 8.23. The second-order valence-corrected chi connectivity index (χ2v) is 6.66. The monoisotopic (exact) mass is 313 g/mol. The van der Waals surface area contributed by atoms with Crippen LogP contribution in [-0.4, -0.2) is 41.5 Å². The molecule has 23 heavy (non-hydrogen) atoms. The third-order valence-electron chi connectivity index (χ3n) is 3.86. The van der Waals surface area contributed by atoms with Gasteiger partial charge in [0.15, 0.2) is 5.82 Å². The number of hydrogen-bond acceptors (Lipinski definition) is 6. The molecule has 1 aliphatic rings. The lowest BCUT2D eigenvalue weighted by atomic mass is 9.86. The zero-order chi connectivity index (χ0) is 16.3. The first-order chi connectivity index (χ1) is 11.0. The van der Waals surface area contributed by atoms with Crippen molar-refractivity contribution in [3.63, 3.8) is 0 Å². The van der Waals surface area contributed by atoms with Crippen molar-refractivity contribution in [2.45, 2.75) is 26.2 Å². The van der Waals surface area contributed by atoms with Gasteiger partial charge in [0.05, 0.1) is 19.4 Å². The first-order valence-electron chi connectivity index (χ1n) is 7.93. The molecule has 2 heterocycles. The van der Waals surface area contributed by atoms with Gasteiger partial charge in [0.2, 0.25) is 5.95 Å². The predicted octanol–water partition coefficient (Wildman–Crippen LogP) is 2.75. The summed E-state index contributed by atoms with van der Waals surface area (Å²) in [5, 5.41) is 11.5. The molecule has 6 nitrogen and oxygen atoms in total. The third kappa shape index (κ3) is 3.76. The summed E-state index contributed by atoms with van der Waals surface area (Å²) in [5.41, 5.74) is 2.28. The predicted molar refractivity (Wildman–Crippen MR) is 91.3 cm³/mol. The average molecular weight is 313 g/mol. The normalized spacial score (nSPS) is 15.5. The van der Waals surface area contributed by atoms with Crippen molar-refractivity contribution in [3.8, 4) is 0 Å². The lowest BCUT2D eigenvalue weighted by Gasteiger charge is -2.27. The number of nitrogens with one attached hydrogen (secondary N) is 1. The van der Waals surface area contributed by atoms with Gasteiger partial charge in [0.25, 0.3) is 0 Å². The van der Waals surface area contributed by atoms with Gasteiger partial charge < -0.3 is 15.0 Å². The molecule has 0 atom stereocenters. The van der Waals surface area contributed by atoms with E-state index in [0.717, 1.165) is 37.8 Å². The Balaban J connectivity index is 1.84. The minimum atomic E-state index is 0.0405. The maximum atomic E-state index is 5.38. The van der Waals surface area contributed by atoms with E-state index in [0.29, 0.717) is 5.95 Å². The second-order valence-electron chi connectivity index (χ2n) is 6.66. The molecule has 1 aliphatic heterocycles. The van der Waals surface area contributed by atoms with E-state index in [4.69, 9.17) is 4.74 Å². The molecule has 1 saturated heterocycles. The highest BCUT2D eigenvalue weighted by Gasteiger charge is 2.19. The molecule has 0 bridgehead atoms. The number of anilines is 3. The molecule has 0 radical (unpaired) electrons. The Labute approximate surface area is 136 Å². The van der Waals surface area contributed by atoms with Crippen LogP contribution in [0.1, 0.15) is 26.3 Å². The Kier molecular flexibility index (Phi) is 4.43. The van der Waals surface area contributed by atoms with E-state index in [-0.39, 0.29) is 5.41 Å². The minimum Gasteiger partial charge on any atom is -0.378 e. The molecule has 3 rings (SSSR count). The number of para-hydroxylation sites is 1. The number of aromatic nitrogens is 3. The van der Waals surface area contributed by atoms with Crippen LogP contribution in [-0.2, 0) is 10.2 Å². The van der Waals surface area contributed by atoms with Crippen LogP contribution in [0.2, 0.25) is 0 Å². The number of hydrogen-bond donors (Lipinski definition) is 1. The third-order valence-corrected chi connectivity index (χ3v) is 3.86. The van der Waals surface area contributed by atoms with Gasteiger partial charge in [0.1, 0.15) is 0 Å². The van der Waals surface area contributed by atoms with Gasteiger partial charge >= 0.3 is 0 Å². The number of rotatable bonds is 3. The molecule has 0 spiro atoms. The van der Waals surface area contributed by atoms with Gasteiger partial charge in [-0.3, -0.25) is 0 Å². The molecule has 1 aromatic heterocycles. The molecular formula is C17H23N5O. The lowest BCUT2D eigenvalue weighted by Crippen LogP contribution is -2.37. The lowest BCUT2D eigenvalue weighted by molar-refractivity contribution is 0.122. The summed E-state index contributed by atoms with van der Waals surface area (Å²) < 4.78 is 5.38. The zero-order valence-electron chi connectivity index (χ0n) is 13.9. The maximum absolute atomic E-state index is 5.38. The fourth-order valence-corrected chi connectivity index (χ4v) is 2.66. The number of benzene rings is 1. The Morgan fingerprint density at radius 3 is 2.61 bits per heavy atom. The first-order valence-corrected chi connectivity index (χ1v) is 7.93. The van der Waals surface area contributed by atoms with Gasteiger partial charge in [-0.05, 0) is 17.0 Å². The van der Waals surface area contributed by atoms with Crippen molar-refractivity contribution in [2.24, 2.45) is 0 Å². The highest BCUT2D eigenvalue weighted by atomic mass is 16.5. The summed E-state index contributed by atoms with van der Waals surface area (Å²) in [5.74, 6) is 1.35. The molecule has 0 amide bonds. The Morgan fingerprint density at radius 2 is 1.87 bits per heavy atom. The van der Waals surface area contributed by atoms with Crippen LogP contribution >= 0.6 is 0 Å². The molecule has 2 aromatic rings. The number of morpholine rings is 1. The molecule has 0 aliphatic carbocycles. The molecule has 1 fully saturated rings. The summed E-state index contributed by atoms with van der Waals surface area (Å²) in [6.45, 7) is 9.68. The standard InChI is InChI=1S/C17H23N5O/c1-17(2,3)13-6-4-5-7-14(13)19-16-20-15(12-18-21-16)22-8-10-23-11-9-22/h4-7,12H,8-11H2,1-3H3,(H,19,20,21). The van der Waals surface area contributed by atoms with Crippen LogP contribution in [0, 0.1) is 0 Å². The van der Waals surface area contributed by atoms with Crippen LogP contribution in [0.3, 0.4) is 0 Å². The fourth-order valence-electron chi connectivity index (χ4n) is 2.66. The van der Waals surface area contributed by atoms with Gasteiger partial charge in [-0.25, -0.2) is 0 Å². The molecule has 1 N–H and O–H groups in total. The molecule has 6 heteroatoms. The van der Waals surface area contributed by atoms with Crippen molar-refractivity contribution in [3.05, 3.63) is 36.0 Å². The van der Waals surface area contributed by atoms with E-state index in [1.54, 1.807) is 6.20 Å². The zero-order valence-corrected chi connectivity index (χ0v) is 13.9. The van der Waals surface area contributed by atoms with Crippen LogP contribution < -0.4 is 10.2 Å². The Morgan fingerprint density at radius 1 is 1.13 bits per heavy atom. The highest BCUT2D eigenvalue weighted by Crippen LogP contribution is 2.30. The van der Waals surface area contributed by atoms with Crippen molar-refractivity contribution in [1.82, 2.24) is 15.2 Å². The fraction of sp³-hybridized carbons (Fsp3) is 0.471. The molecule has 1 aromatic carbocycles. The molecule has 0 saturated carbocycles. The first kappa shape index (κ1) is 15.7. The summed E-state index contributed by atoms with van der Waals surface area (Å²) in [7, 11) is 0. The van der Waals surface area contributed by atoms with Gasteiger partial charge in [-0.15, -0.1) is 5.10 Å². The van der Waals surface area contributed by atoms with E-state index in [1.165, 1.54) is 5.56 Å². The van der Waals surface area contributed by atoms with Crippen molar-refractivity contribution in [1.29, 1.82) is 0 Å². The van der Waals surface area contributed by atoms with E-state index in [2.05, 4.69) is 58.3 Å². The number of ether oxygens (including phenoxy) is 1. The van der Waals surface area contributed by atoms with E-state index in [9.17, 15) is 0 Å². The Hall–Kier alpha value is -2.21. The summed E-state index contributed by atoms with van der Waals surface area (Å²) >= 11 is 0. The van der Waals surface area contributed by atoms with E-state index in [1.807, 2.05) is 12.1 Å². The quantitative estimate of drug-likeness (QED) is 0.940. The van der Waals surface area contributed by atoms with E-state index >= 15 is 0 Å². The average Bonchev–Trinajstić information content (AvgIpc) is 2.55. The van der Waals surface area contributed by atoms with Crippen LogP contribution in [0.25, 0.3) is 0 Å². The smallest absolute Gasteiger partial charge is 0.249 e. The topological polar surface area (TPSA) is 63.2 Å². The van der Waals surface area contributed by atoms with Crippen LogP contribution in [0.15, 0.2) is 30.5 Å². The highest BCUT2D eigenvalue weighted by molar-refractivity contribution is 5.61. The molecule has 122 valence electrons. The summed E-state index contributed by atoms with van der Waals surface area (Å²) in [4.78, 5) is 6.77. The van der Waals surface area contributed by atoms with E-state index < -0.39 is 0 Å². The van der Waals surface area contributed by atoms with Crippen LogP contribution in [0.5, 0.6) is 0 Å². The van der Waals surface area contributed by atoms with Gasteiger partial charge in [0, 0.05) is 18.8 Å². The van der Waals surface area contributed by atoms with Crippen molar-refractivity contribution >= 4 is 17.5 Å². The van der Waals surface area contributed by atoms with Crippen LogP contribution in [0.4, 0.5) is 17.5 Å². The molecule has 0 unspecified atom stereocenters.